The second-order valence-electron chi connectivity index (χ2n) is 4.25. The minimum absolute atomic E-state index is 0.433. The van der Waals surface area contributed by atoms with Gasteiger partial charge in [-0.15, -0.1) is 0 Å². The van der Waals surface area contributed by atoms with Gasteiger partial charge in [0, 0.05) is 21.7 Å². The van der Waals surface area contributed by atoms with Crippen LogP contribution in [-0.4, -0.2) is 18.2 Å². The van der Waals surface area contributed by atoms with Gasteiger partial charge in [-0.25, -0.2) is 4.79 Å². The van der Waals surface area contributed by atoms with E-state index in [0.29, 0.717) is 32.5 Å². The molecule has 0 saturated heterocycles. The van der Waals surface area contributed by atoms with Gasteiger partial charge in [-0.3, -0.25) is 0 Å². The summed E-state index contributed by atoms with van der Waals surface area (Å²) in [6.07, 6.45) is 1.11. The summed E-state index contributed by atoms with van der Waals surface area (Å²) in [6.45, 7) is 0. The Morgan fingerprint density at radius 1 is 1.14 bits per heavy atom. The molecule has 0 radical (unpaired) electrons. The number of ether oxygens (including phenoxy) is 1. The maximum absolute atomic E-state index is 11.1. The number of hydrogen-bond donors (Lipinski definition) is 1. The number of carboxylic acids is 1. The lowest BCUT2D eigenvalue weighted by Gasteiger charge is -2.11. The van der Waals surface area contributed by atoms with Gasteiger partial charge >= 0.3 is 5.97 Å². The third-order valence-corrected chi connectivity index (χ3v) is 3.45. The SMILES string of the molecule is COc1ccc(/C(=C\C(=O)O)c2cc(Cl)ccc2Cl)cc1. The van der Waals surface area contributed by atoms with Gasteiger partial charge < -0.3 is 9.84 Å². The second kappa shape index (κ2) is 6.66. The molecule has 0 saturated carbocycles. The first-order valence-corrected chi connectivity index (χ1v) is 6.81. The molecule has 0 aliphatic rings. The van der Waals surface area contributed by atoms with E-state index in [1.54, 1.807) is 49.6 Å². The molecule has 0 amide bonds. The van der Waals surface area contributed by atoms with Crippen molar-refractivity contribution in [3.63, 3.8) is 0 Å². The van der Waals surface area contributed by atoms with Crippen LogP contribution in [0.15, 0.2) is 48.5 Å². The molecule has 5 heteroatoms. The third kappa shape index (κ3) is 3.78. The maximum atomic E-state index is 11.1. The highest BCUT2D eigenvalue weighted by Gasteiger charge is 2.12. The molecule has 2 rings (SSSR count). The molecule has 2 aromatic carbocycles. The summed E-state index contributed by atoms with van der Waals surface area (Å²) in [5.74, 6) is -0.373. The van der Waals surface area contributed by atoms with Crippen LogP contribution in [0.5, 0.6) is 5.75 Å². The maximum Gasteiger partial charge on any atom is 0.328 e. The topological polar surface area (TPSA) is 46.5 Å². The number of benzene rings is 2. The normalized spacial score (nSPS) is 11.3. The van der Waals surface area contributed by atoms with Crippen molar-refractivity contribution in [2.24, 2.45) is 0 Å². The monoisotopic (exact) mass is 322 g/mol. The minimum Gasteiger partial charge on any atom is -0.497 e. The standard InChI is InChI=1S/C16H12Cl2O3/c1-21-12-5-2-10(3-6-12)13(9-16(19)20)14-8-11(17)4-7-15(14)18/h2-9H,1H3,(H,19,20)/b13-9+. The van der Waals surface area contributed by atoms with Crippen LogP contribution in [0.1, 0.15) is 11.1 Å². The first kappa shape index (κ1) is 15.4. The summed E-state index contributed by atoms with van der Waals surface area (Å²) < 4.78 is 5.10. The number of carboxylic acid groups (broad SMARTS) is 1. The van der Waals surface area contributed by atoms with E-state index in [2.05, 4.69) is 0 Å². The predicted octanol–water partition coefficient (Wildman–Crippen LogP) is 4.52. The fourth-order valence-corrected chi connectivity index (χ4v) is 2.31. The Hall–Kier alpha value is -1.97. The van der Waals surface area contributed by atoms with Crippen LogP contribution in [-0.2, 0) is 4.79 Å². The van der Waals surface area contributed by atoms with Crippen molar-refractivity contribution in [1.82, 2.24) is 0 Å². The van der Waals surface area contributed by atoms with E-state index in [1.165, 1.54) is 0 Å². The van der Waals surface area contributed by atoms with Crippen molar-refractivity contribution in [2.75, 3.05) is 7.11 Å². The highest BCUT2D eigenvalue weighted by molar-refractivity contribution is 6.34. The summed E-state index contributed by atoms with van der Waals surface area (Å²) in [7, 11) is 1.57. The first-order chi connectivity index (χ1) is 10.0. The Morgan fingerprint density at radius 3 is 2.38 bits per heavy atom. The molecule has 0 heterocycles. The van der Waals surface area contributed by atoms with Gasteiger partial charge in [0.2, 0.25) is 0 Å². The molecular formula is C16H12Cl2O3. The fraction of sp³-hybridized carbons (Fsp3) is 0.0625. The van der Waals surface area contributed by atoms with Crippen LogP contribution in [0, 0.1) is 0 Å². The molecule has 0 bridgehead atoms. The Balaban J connectivity index is 2.58. The molecule has 0 fully saturated rings. The van der Waals surface area contributed by atoms with Crippen LogP contribution in [0.4, 0.5) is 0 Å². The molecule has 1 N–H and O–H groups in total. The summed E-state index contributed by atoms with van der Waals surface area (Å²) >= 11 is 12.1. The molecule has 108 valence electrons. The number of methoxy groups -OCH3 is 1. The summed E-state index contributed by atoms with van der Waals surface area (Å²) in [5, 5.41) is 10.0. The van der Waals surface area contributed by atoms with Crippen LogP contribution in [0.2, 0.25) is 10.0 Å². The van der Waals surface area contributed by atoms with Crippen molar-refractivity contribution in [2.45, 2.75) is 0 Å². The molecule has 0 atom stereocenters. The van der Waals surface area contributed by atoms with Crippen molar-refractivity contribution < 1.29 is 14.6 Å². The number of hydrogen-bond acceptors (Lipinski definition) is 2. The van der Waals surface area contributed by atoms with Gasteiger partial charge in [0.25, 0.3) is 0 Å². The highest BCUT2D eigenvalue weighted by atomic mass is 35.5. The van der Waals surface area contributed by atoms with E-state index >= 15 is 0 Å². The summed E-state index contributed by atoms with van der Waals surface area (Å²) in [5.41, 5.74) is 1.76. The van der Waals surface area contributed by atoms with Gasteiger partial charge in [-0.05, 0) is 41.5 Å². The fourth-order valence-electron chi connectivity index (χ4n) is 1.91. The zero-order valence-corrected chi connectivity index (χ0v) is 12.7. The van der Waals surface area contributed by atoms with E-state index in [9.17, 15) is 4.79 Å². The average Bonchev–Trinajstić information content (AvgIpc) is 2.47. The largest absolute Gasteiger partial charge is 0.497 e. The minimum atomic E-state index is -1.06. The van der Waals surface area contributed by atoms with E-state index in [-0.39, 0.29) is 0 Å². The van der Waals surface area contributed by atoms with E-state index < -0.39 is 5.97 Å². The lowest BCUT2D eigenvalue weighted by molar-refractivity contribution is -0.131. The Kier molecular flexibility index (Phi) is 4.89. The van der Waals surface area contributed by atoms with Gasteiger partial charge in [0.1, 0.15) is 5.75 Å². The Morgan fingerprint density at radius 2 is 1.81 bits per heavy atom. The summed E-state index contributed by atoms with van der Waals surface area (Å²) in [6, 6.07) is 12.0. The first-order valence-electron chi connectivity index (χ1n) is 6.05. The van der Waals surface area contributed by atoms with Crippen molar-refractivity contribution in [3.8, 4) is 5.75 Å². The van der Waals surface area contributed by atoms with E-state index in [4.69, 9.17) is 33.0 Å². The summed E-state index contributed by atoms with van der Waals surface area (Å²) in [4.78, 5) is 11.1. The molecule has 0 aliphatic carbocycles. The quantitative estimate of drug-likeness (QED) is 0.842. The zero-order chi connectivity index (χ0) is 15.4. The van der Waals surface area contributed by atoms with Crippen LogP contribution < -0.4 is 4.74 Å². The molecule has 21 heavy (non-hydrogen) atoms. The third-order valence-electron chi connectivity index (χ3n) is 2.89. The van der Waals surface area contributed by atoms with Crippen LogP contribution >= 0.6 is 23.2 Å². The average molecular weight is 323 g/mol. The van der Waals surface area contributed by atoms with E-state index in [0.717, 1.165) is 6.08 Å². The van der Waals surface area contributed by atoms with Crippen LogP contribution in [0.25, 0.3) is 5.57 Å². The smallest absolute Gasteiger partial charge is 0.328 e. The van der Waals surface area contributed by atoms with Crippen molar-refractivity contribution >= 4 is 34.7 Å². The lowest BCUT2D eigenvalue weighted by atomic mass is 9.97. The second-order valence-corrected chi connectivity index (χ2v) is 5.09. The number of aliphatic carboxylic acids is 1. The lowest BCUT2D eigenvalue weighted by Crippen LogP contribution is -1.96. The van der Waals surface area contributed by atoms with Crippen LogP contribution in [0.3, 0.4) is 0 Å². The molecule has 0 aromatic heterocycles. The van der Waals surface area contributed by atoms with Gasteiger partial charge in [0.05, 0.1) is 7.11 Å². The highest BCUT2D eigenvalue weighted by Crippen LogP contribution is 2.32. The Bertz CT molecular complexity index is 691. The van der Waals surface area contributed by atoms with Gasteiger partial charge in [-0.2, -0.15) is 0 Å². The molecular weight excluding hydrogens is 311 g/mol. The van der Waals surface area contributed by atoms with Crippen molar-refractivity contribution in [1.29, 1.82) is 0 Å². The zero-order valence-electron chi connectivity index (χ0n) is 11.1. The van der Waals surface area contributed by atoms with Crippen molar-refractivity contribution in [3.05, 3.63) is 69.7 Å². The molecule has 0 unspecified atom stereocenters. The number of rotatable bonds is 4. The Labute approximate surface area is 132 Å². The molecule has 0 aliphatic heterocycles. The predicted molar refractivity (Wildman–Crippen MR) is 84.2 cm³/mol. The van der Waals surface area contributed by atoms with Gasteiger partial charge in [0.15, 0.2) is 0 Å². The molecule has 3 nitrogen and oxygen atoms in total. The number of carbonyl (C=O) groups is 1. The molecule has 0 spiro atoms. The van der Waals surface area contributed by atoms with Gasteiger partial charge in [-0.1, -0.05) is 35.3 Å². The van der Waals surface area contributed by atoms with E-state index in [1.807, 2.05) is 0 Å². The molecule has 2 aromatic rings. The number of halogens is 2.